The molecular formula is C14H22BrClN2O2. The molecule has 4 nitrogen and oxygen atoms in total. The first-order valence-corrected chi connectivity index (χ1v) is 7.16. The van der Waals surface area contributed by atoms with Crippen LogP contribution in [0.5, 0.6) is 5.75 Å². The number of ether oxygens (including phenoxy) is 1. The van der Waals surface area contributed by atoms with Crippen LogP contribution in [0.4, 0.5) is 0 Å². The standard InChI is InChI=1S/C14H21BrN2O2.ClH/c1-10(8-16-3)14(18)17-9-11(2)19-13-6-4-5-12(15)7-13;/h4-7,10-11,16H,8-9H2,1-3H3,(H,17,18);1H. The molecule has 0 aromatic heterocycles. The zero-order valence-corrected chi connectivity index (χ0v) is 14.4. The van der Waals surface area contributed by atoms with Crippen LogP contribution < -0.4 is 15.4 Å². The Balaban J connectivity index is 0.00000361. The first kappa shape index (κ1) is 19.2. The molecule has 0 saturated heterocycles. The van der Waals surface area contributed by atoms with E-state index in [2.05, 4.69) is 26.6 Å². The fraction of sp³-hybridized carbons (Fsp3) is 0.500. The molecule has 1 aromatic carbocycles. The molecule has 2 unspecified atom stereocenters. The van der Waals surface area contributed by atoms with Gasteiger partial charge >= 0.3 is 0 Å². The molecule has 1 rings (SSSR count). The maximum atomic E-state index is 11.7. The molecule has 1 amide bonds. The number of hydrogen-bond acceptors (Lipinski definition) is 3. The van der Waals surface area contributed by atoms with E-state index in [1.54, 1.807) is 0 Å². The van der Waals surface area contributed by atoms with Crippen LogP contribution in [0.2, 0.25) is 0 Å². The summed E-state index contributed by atoms with van der Waals surface area (Å²) in [7, 11) is 1.84. The molecule has 0 heterocycles. The molecule has 0 spiro atoms. The summed E-state index contributed by atoms with van der Waals surface area (Å²) >= 11 is 3.39. The quantitative estimate of drug-likeness (QED) is 0.781. The van der Waals surface area contributed by atoms with Gasteiger partial charge in [0.25, 0.3) is 0 Å². The lowest BCUT2D eigenvalue weighted by molar-refractivity contribution is -0.124. The normalized spacial score (nSPS) is 13.0. The Morgan fingerprint density at radius 2 is 2.05 bits per heavy atom. The van der Waals surface area contributed by atoms with E-state index in [0.29, 0.717) is 13.1 Å². The first-order chi connectivity index (χ1) is 9.02. The highest BCUT2D eigenvalue weighted by molar-refractivity contribution is 9.10. The Morgan fingerprint density at radius 1 is 1.35 bits per heavy atom. The lowest BCUT2D eigenvalue weighted by Gasteiger charge is -2.17. The van der Waals surface area contributed by atoms with Gasteiger partial charge in [-0.25, -0.2) is 0 Å². The Bertz CT molecular complexity index is 418. The van der Waals surface area contributed by atoms with E-state index in [-0.39, 0.29) is 30.3 Å². The SMILES string of the molecule is CNCC(C)C(=O)NCC(C)Oc1cccc(Br)c1.Cl. The summed E-state index contributed by atoms with van der Waals surface area (Å²) in [6.45, 7) is 5.00. The zero-order valence-electron chi connectivity index (χ0n) is 12.0. The summed E-state index contributed by atoms with van der Waals surface area (Å²) in [6, 6.07) is 7.66. The molecule has 0 aliphatic heterocycles. The number of benzene rings is 1. The van der Waals surface area contributed by atoms with Gasteiger partial charge in [0.15, 0.2) is 0 Å². The van der Waals surface area contributed by atoms with Gasteiger partial charge in [0.1, 0.15) is 11.9 Å². The minimum Gasteiger partial charge on any atom is -0.489 e. The Morgan fingerprint density at radius 3 is 2.65 bits per heavy atom. The van der Waals surface area contributed by atoms with Crippen molar-refractivity contribution < 1.29 is 9.53 Å². The van der Waals surface area contributed by atoms with E-state index in [1.165, 1.54) is 0 Å². The number of carbonyl (C=O) groups is 1. The fourth-order valence-corrected chi connectivity index (χ4v) is 2.01. The van der Waals surface area contributed by atoms with E-state index < -0.39 is 0 Å². The topological polar surface area (TPSA) is 50.4 Å². The van der Waals surface area contributed by atoms with Gasteiger partial charge in [-0.05, 0) is 32.2 Å². The van der Waals surface area contributed by atoms with Crippen molar-refractivity contribution >= 4 is 34.2 Å². The van der Waals surface area contributed by atoms with Gasteiger partial charge in [0.05, 0.1) is 6.54 Å². The maximum Gasteiger partial charge on any atom is 0.224 e. The van der Waals surface area contributed by atoms with Gasteiger partial charge in [-0.3, -0.25) is 4.79 Å². The molecule has 0 aliphatic carbocycles. The molecule has 20 heavy (non-hydrogen) atoms. The number of nitrogens with one attached hydrogen (secondary N) is 2. The predicted octanol–water partition coefficient (Wildman–Crippen LogP) is 2.61. The van der Waals surface area contributed by atoms with Crippen LogP contribution >= 0.6 is 28.3 Å². The third-order valence-corrected chi connectivity index (χ3v) is 3.15. The highest BCUT2D eigenvalue weighted by Crippen LogP contribution is 2.18. The van der Waals surface area contributed by atoms with Crippen LogP contribution in [0.3, 0.4) is 0 Å². The molecule has 0 fully saturated rings. The van der Waals surface area contributed by atoms with Crippen molar-refractivity contribution in [2.45, 2.75) is 20.0 Å². The maximum absolute atomic E-state index is 11.7. The van der Waals surface area contributed by atoms with Crippen LogP contribution in [-0.4, -0.2) is 32.1 Å². The lowest BCUT2D eigenvalue weighted by Crippen LogP contribution is -2.39. The summed E-state index contributed by atoms with van der Waals surface area (Å²) in [5.41, 5.74) is 0. The van der Waals surface area contributed by atoms with Gasteiger partial charge < -0.3 is 15.4 Å². The average molecular weight is 366 g/mol. The molecule has 6 heteroatoms. The number of amides is 1. The van der Waals surface area contributed by atoms with Gasteiger partial charge in [-0.1, -0.05) is 28.9 Å². The number of carbonyl (C=O) groups excluding carboxylic acids is 1. The number of rotatable bonds is 7. The average Bonchev–Trinajstić information content (AvgIpc) is 2.36. The largest absolute Gasteiger partial charge is 0.489 e. The van der Waals surface area contributed by atoms with E-state index in [4.69, 9.17) is 4.74 Å². The van der Waals surface area contributed by atoms with Crippen molar-refractivity contribution in [3.8, 4) is 5.75 Å². The molecule has 0 radical (unpaired) electrons. The molecular weight excluding hydrogens is 344 g/mol. The van der Waals surface area contributed by atoms with E-state index in [1.807, 2.05) is 45.2 Å². The van der Waals surface area contributed by atoms with Crippen LogP contribution in [0.25, 0.3) is 0 Å². The second-order valence-electron chi connectivity index (χ2n) is 4.59. The summed E-state index contributed by atoms with van der Waals surface area (Å²) in [6.07, 6.45) is -0.0694. The Hall–Kier alpha value is -0.780. The summed E-state index contributed by atoms with van der Waals surface area (Å²) in [5, 5.41) is 5.87. The molecule has 2 N–H and O–H groups in total. The second kappa shape index (κ2) is 10.0. The van der Waals surface area contributed by atoms with Gasteiger partial charge in [-0.15, -0.1) is 12.4 Å². The predicted molar refractivity (Wildman–Crippen MR) is 87.6 cm³/mol. The van der Waals surface area contributed by atoms with Crippen molar-refractivity contribution in [2.75, 3.05) is 20.1 Å². The van der Waals surface area contributed by atoms with Crippen LogP contribution in [-0.2, 0) is 4.79 Å². The first-order valence-electron chi connectivity index (χ1n) is 6.37. The molecule has 114 valence electrons. The fourth-order valence-electron chi connectivity index (χ4n) is 1.63. The van der Waals surface area contributed by atoms with Crippen LogP contribution in [0.15, 0.2) is 28.7 Å². The summed E-state index contributed by atoms with van der Waals surface area (Å²) in [5.74, 6) is 0.793. The van der Waals surface area contributed by atoms with Crippen molar-refractivity contribution in [1.29, 1.82) is 0 Å². The minimum atomic E-state index is -0.0694. The molecule has 0 bridgehead atoms. The molecule has 0 saturated carbocycles. The lowest BCUT2D eigenvalue weighted by atomic mass is 10.1. The zero-order chi connectivity index (χ0) is 14.3. The third-order valence-electron chi connectivity index (χ3n) is 2.65. The molecule has 2 atom stereocenters. The number of hydrogen-bond donors (Lipinski definition) is 2. The smallest absolute Gasteiger partial charge is 0.224 e. The van der Waals surface area contributed by atoms with Crippen molar-refractivity contribution in [3.05, 3.63) is 28.7 Å². The minimum absolute atomic E-state index is 0. The van der Waals surface area contributed by atoms with Crippen LogP contribution in [0, 0.1) is 5.92 Å². The van der Waals surface area contributed by atoms with E-state index in [9.17, 15) is 4.79 Å². The van der Waals surface area contributed by atoms with E-state index >= 15 is 0 Å². The van der Waals surface area contributed by atoms with Crippen molar-refractivity contribution in [3.63, 3.8) is 0 Å². The van der Waals surface area contributed by atoms with Gasteiger partial charge in [-0.2, -0.15) is 0 Å². The highest BCUT2D eigenvalue weighted by atomic mass is 79.9. The van der Waals surface area contributed by atoms with E-state index in [0.717, 1.165) is 10.2 Å². The number of halogens is 2. The van der Waals surface area contributed by atoms with Crippen LogP contribution in [0.1, 0.15) is 13.8 Å². The van der Waals surface area contributed by atoms with Crippen molar-refractivity contribution in [1.82, 2.24) is 10.6 Å². The summed E-state index contributed by atoms with van der Waals surface area (Å²) < 4.78 is 6.70. The molecule has 1 aromatic rings. The highest BCUT2D eigenvalue weighted by Gasteiger charge is 2.13. The Labute approximate surface area is 135 Å². The van der Waals surface area contributed by atoms with Gasteiger partial charge in [0.2, 0.25) is 5.91 Å². The third kappa shape index (κ3) is 7.12. The summed E-state index contributed by atoms with van der Waals surface area (Å²) in [4.78, 5) is 11.7. The Kier molecular flexibility index (Phi) is 9.63. The molecule has 0 aliphatic rings. The second-order valence-corrected chi connectivity index (χ2v) is 5.51. The van der Waals surface area contributed by atoms with Gasteiger partial charge in [0, 0.05) is 16.9 Å². The monoisotopic (exact) mass is 364 g/mol. The van der Waals surface area contributed by atoms with Crippen molar-refractivity contribution in [2.24, 2.45) is 5.92 Å².